The van der Waals surface area contributed by atoms with Gasteiger partial charge in [0, 0.05) is 35.6 Å². The summed E-state index contributed by atoms with van der Waals surface area (Å²) in [5.74, 6) is -0.541. The Bertz CT molecular complexity index is 1110. The molecule has 5 nitrogen and oxygen atoms in total. The van der Waals surface area contributed by atoms with Gasteiger partial charge in [-0.3, -0.25) is 14.8 Å². The van der Waals surface area contributed by atoms with Crippen LogP contribution in [0.15, 0.2) is 52.7 Å². The van der Waals surface area contributed by atoms with E-state index < -0.39 is 5.82 Å². The molecule has 2 heterocycles. The predicted molar refractivity (Wildman–Crippen MR) is 112 cm³/mol. The summed E-state index contributed by atoms with van der Waals surface area (Å²) in [7, 11) is 0. The van der Waals surface area contributed by atoms with E-state index >= 15 is 0 Å². The molecule has 0 bridgehead atoms. The third-order valence-corrected chi connectivity index (χ3v) is 6.19. The second-order valence-corrected chi connectivity index (χ2v) is 8.15. The number of halogens is 1. The Hall–Kier alpha value is -3.33. The van der Waals surface area contributed by atoms with Gasteiger partial charge in [-0.1, -0.05) is 12.1 Å². The van der Waals surface area contributed by atoms with Crippen molar-refractivity contribution >= 4 is 12.1 Å². The maximum absolute atomic E-state index is 14.3. The van der Waals surface area contributed by atoms with E-state index in [1.165, 1.54) is 29.5 Å². The molecule has 1 amide bonds. The quantitative estimate of drug-likeness (QED) is 0.768. The zero-order valence-electron chi connectivity index (χ0n) is 16.5. The van der Waals surface area contributed by atoms with E-state index in [1.54, 1.807) is 18.2 Å². The van der Waals surface area contributed by atoms with Crippen molar-refractivity contribution in [2.45, 2.75) is 44.2 Å². The number of benzene rings is 1. The first-order valence-corrected chi connectivity index (χ1v) is 10.3. The molecule has 0 saturated heterocycles. The minimum absolute atomic E-state index is 0.0675. The molecule has 1 aromatic heterocycles. The van der Waals surface area contributed by atoms with Crippen molar-refractivity contribution in [3.8, 4) is 17.2 Å². The summed E-state index contributed by atoms with van der Waals surface area (Å²) in [6, 6.07) is 10.2. The summed E-state index contributed by atoms with van der Waals surface area (Å²) < 4.78 is 14.3. The van der Waals surface area contributed by atoms with Gasteiger partial charge in [-0.15, -0.1) is 0 Å². The van der Waals surface area contributed by atoms with Crippen LogP contribution in [0, 0.1) is 17.1 Å². The van der Waals surface area contributed by atoms with Crippen molar-refractivity contribution in [3.63, 3.8) is 0 Å². The topological polar surface area (TPSA) is 69.3 Å². The van der Waals surface area contributed by atoms with E-state index in [-0.39, 0.29) is 29.1 Å². The first kappa shape index (κ1) is 18.7. The molecule has 1 saturated carbocycles. The van der Waals surface area contributed by atoms with E-state index in [0.717, 1.165) is 38.6 Å². The first-order chi connectivity index (χ1) is 14.7. The van der Waals surface area contributed by atoms with Gasteiger partial charge in [0.15, 0.2) is 0 Å². The number of aromatic nitrogens is 1. The smallest absolute Gasteiger partial charge is 0.272 e. The Balaban J connectivity index is 1.41. The van der Waals surface area contributed by atoms with Crippen LogP contribution in [0.25, 0.3) is 11.1 Å². The lowest BCUT2D eigenvalue weighted by molar-refractivity contribution is 0.0639. The fourth-order valence-electron chi connectivity index (χ4n) is 4.52. The van der Waals surface area contributed by atoms with Crippen LogP contribution in [0.3, 0.4) is 0 Å². The van der Waals surface area contributed by atoms with Crippen LogP contribution in [0.1, 0.15) is 48.2 Å². The highest BCUT2D eigenvalue weighted by Gasteiger charge is 2.39. The zero-order valence-corrected chi connectivity index (χ0v) is 16.5. The molecule has 1 aliphatic heterocycles. The highest BCUT2D eigenvalue weighted by Crippen LogP contribution is 2.37. The summed E-state index contributed by atoms with van der Waals surface area (Å²) in [6.07, 6.45) is 8.33. The number of hydrogen-bond acceptors (Lipinski definition) is 4. The molecule has 5 rings (SSSR count). The van der Waals surface area contributed by atoms with E-state index in [4.69, 9.17) is 0 Å². The normalized spacial score (nSPS) is 20.1. The summed E-state index contributed by atoms with van der Waals surface area (Å²) in [6.45, 7) is 0.809. The van der Waals surface area contributed by atoms with E-state index in [9.17, 15) is 14.4 Å². The zero-order chi connectivity index (χ0) is 20.7. The Kier molecular flexibility index (Phi) is 4.66. The van der Waals surface area contributed by atoms with Gasteiger partial charge in [-0.25, -0.2) is 4.39 Å². The van der Waals surface area contributed by atoms with Crippen molar-refractivity contribution < 1.29 is 9.18 Å². The summed E-state index contributed by atoms with van der Waals surface area (Å²) in [5, 5.41) is 9.29. The maximum Gasteiger partial charge on any atom is 0.272 e. The Morgan fingerprint density at radius 2 is 2.03 bits per heavy atom. The van der Waals surface area contributed by atoms with Crippen LogP contribution in [-0.4, -0.2) is 40.6 Å². The van der Waals surface area contributed by atoms with Crippen molar-refractivity contribution in [3.05, 3.63) is 64.7 Å². The summed E-state index contributed by atoms with van der Waals surface area (Å²) >= 11 is 0. The lowest BCUT2D eigenvalue weighted by Crippen LogP contribution is -2.43. The van der Waals surface area contributed by atoms with Crippen LogP contribution in [0.5, 0.6) is 0 Å². The molecule has 0 N–H and O–H groups in total. The van der Waals surface area contributed by atoms with Crippen LogP contribution in [-0.2, 0) is 0 Å². The van der Waals surface area contributed by atoms with Crippen LogP contribution < -0.4 is 0 Å². The minimum atomic E-state index is -0.473. The molecule has 6 heteroatoms. The van der Waals surface area contributed by atoms with Gasteiger partial charge in [0.1, 0.15) is 11.5 Å². The molecular formula is C24H21FN4O. The van der Waals surface area contributed by atoms with E-state index in [0.29, 0.717) is 11.3 Å². The SMILES string of the molecule is N#Cc1cccc(F)c1-c1ccc(C(=O)N(C2CC2)C2CCC3=C(C=NC3)C2)nc1. The second kappa shape index (κ2) is 7.49. The molecule has 0 radical (unpaired) electrons. The van der Waals surface area contributed by atoms with Crippen LogP contribution >= 0.6 is 0 Å². The average molecular weight is 400 g/mol. The molecule has 1 atom stereocenters. The van der Waals surface area contributed by atoms with Crippen molar-refractivity contribution in [2.24, 2.45) is 4.99 Å². The highest BCUT2D eigenvalue weighted by atomic mass is 19.1. The number of hydrogen-bond donors (Lipinski definition) is 0. The third kappa shape index (κ3) is 3.30. The van der Waals surface area contributed by atoms with Crippen LogP contribution in [0.2, 0.25) is 0 Å². The number of rotatable bonds is 4. The number of pyridine rings is 1. The lowest BCUT2D eigenvalue weighted by atomic mass is 9.88. The van der Waals surface area contributed by atoms with Gasteiger partial charge >= 0.3 is 0 Å². The fraction of sp³-hybridized carbons (Fsp3) is 0.333. The monoisotopic (exact) mass is 400 g/mol. The lowest BCUT2D eigenvalue weighted by Gasteiger charge is -2.35. The van der Waals surface area contributed by atoms with Crippen LogP contribution in [0.4, 0.5) is 4.39 Å². The van der Waals surface area contributed by atoms with Gasteiger partial charge in [0.2, 0.25) is 0 Å². The number of nitriles is 1. The molecule has 2 aromatic rings. The van der Waals surface area contributed by atoms with Crippen molar-refractivity contribution in [1.29, 1.82) is 5.26 Å². The molecule has 150 valence electrons. The number of nitrogens with zero attached hydrogens (tertiary/aromatic N) is 4. The predicted octanol–water partition coefficient (Wildman–Crippen LogP) is 4.30. The average Bonchev–Trinajstić information content (AvgIpc) is 3.49. The second-order valence-electron chi connectivity index (χ2n) is 8.15. The molecule has 1 unspecified atom stereocenters. The Morgan fingerprint density at radius 1 is 1.17 bits per heavy atom. The number of carbonyl (C=O) groups is 1. The maximum atomic E-state index is 14.3. The van der Waals surface area contributed by atoms with Crippen molar-refractivity contribution in [2.75, 3.05) is 6.54 Å². The fourth-order valence-corrected chi connectivity index (χ4v) is 4.52. The number of carbonyl (C=O) groups excluding carboxylic acids is 1. The van der Waals surface area contributed by atoms with Gasteiger partial charge < -0.3 is 4.90 Å². The largest absolute Gasteiger partial charge is 0.331 e. The summed E-state index contributed by atoms with van der Waals surface area (Å²) in [5.41, 5.74) is 4.03. The van der Waals surface area contributed by atoms with E-state index in [2.05, 4.69) is 9.98 Å². The molecule has 30 heavy (non-hydrogen) atoms. The van der Waals surface area contributed by atoms with Gasteiger partial charge in [-0.2, -0.15) is 5.26 Å². The van der Waals surface area contributed by atoms with E-state index in [1.807, 2.05) is 17.2 Å². The minimum Gasteiger partial charge on any atom is -0.331 e. The first-order valence-electron chi connectivity index (χ1n) is 10.3. The molecule has 3 aliphatic rings. The van der Waals surface area contributed by atoms with Gasteiger partial charge in [-0.05, 0) is 61.4 Å². The molecule has 2 aliphatic carbocycles. The van der Waals surface area contributed by atoms with Crippen molar-refractivity contribution in [1.82, 2.24) is 9.88 Å². The molecular weight excluding hydrogens is 379 g/mol. The Labute approximate surface area is 174 Å². The molecule has 1 fully saturated rings. The van der Waals surface area contributed by atoms with Gasteiger partial charge in [0.25, 0.3) is 5.91 Å². The number of amides is 1. The highest BCUT2D eigenvalue weighted by molar-refractivity contribution is 5.93. The summed E-state index contributed by atoms with van der Waals surface area (Å²) in [4.78, 5) is 24.1. The third-order valence-electron chi connectivity index (χ3n) is 6.19. The Morgan fingerprint density at radius 3 is 2.77 bits per heavy atom. The number of aliphatic imine (C=N–C) groups is 1. The molecule has 0 spiro atoms. The molecule has 1 aromatic carbocycles. The van der Waals surface area contributed by atoms with Gasteiger partial charge in [0.05, 0.1) is 18.2 Å². The standard InChI is InChI=1S/C24H21FN4O/c25-21-3-1-2-15(11-26)23(21)17-5-9-22(28-14-17)24(30)29(19-7-8-19)20-6-4-16-12-27-13-18(16)10-20/h1-3,5,9,13-14,19-20H,4,6-8,10,12H2.